The van der Waals surface area contributed by atoms with Crippen molar-refractivity contribution < 1.29 is 18.1 Å². The Balaban J connectivity index is 2.20. The summed E-state index contributed by atoms with van der Waals surface area (Å²) in [7, 11) is 0. The Morgan fingerprint density at radius 1 is 1.16 bits per heavy atom. The zero-order chi connectivity index (χ0) is 18.2. The van der Waals surface area contributed by atoms with Crippen LogP contribution in [0.1, 0.15) is 16.7 Å². The first-order valence-electron chi connectivity index (χ1n) is 7.52. The van der Waals surface area contributed by atoms with Gasteiger partial charge in [0.1, 0.15) is 0 Å². The molecule has 25 heavy (non-hydrogen) atoms. The predicted molar refractivity (Wildman–Crippen MR) is 88.2 cm³/mol. The fraction of sp³-hybridized carbons (Fsp3) is 0.235. The van der Waals surface area contributed by atoms with E-state index in [-0.39, 0.29) is 34.9 Å². The minimum Gasteiger partial charge on any atom is -0.282 e. The summed E-state index contributed by atoms with van der Waals surface area (Å²) in [5.41, 5.74) is 1.64. The molecule has 1 heterocycles. The highest BCUT2D eigenvalue weighted by molar-refractivity contribution is 6.16. The van der Waals surface area contributed by atoms with Gasteiger partial charge >= 0.3 is 6.30 Å². The Kier molecular flexibility index (Phi) is 4.20. The van der Waals surface area contributed by atoms with Gasteiger partial charge in [-0.25, -0.2) is 0 Å². The SMILES string of the molecule is Cc1ccc(C2=NCCN(C(F)(F)F)c3ccc([N+](=O)[O-])cc32)cc1. The highest BCUT2D eigenvalue weighted by Gasteiger charge is 2.40. The molecule has 0 fully saturated rings. The number of aliphatic imine (C=N–C) groups is 1. The maximum Gasteiger partial charge on any atom is 0.485 e. The van der Waals surface area contributed by atoms with Crippen molar-refractivity contribution >= 4 is 17.1 Å². The van der Waals surface area contributed by atoms with Crippen molar-refractivity contribution in [1.29, 1.82) is 0 Å². The van der Waals surface area contributed by atoms with Crippen molar-refractivity contribution in [3.05, 3.63) is 69.3 Å². The Morgan fingerprint density at radius 3 is 2.44 bits per heavy atom. The van der Waals surface area contributed by atoms with Gasteiger partial charge in [0, 0.05) is 29.8 Å². The maximum absolute atomic E-state index is 13.4. The number of fused-ring (bicyclic) bond motifs is 1. The maximum atomic E-state index is 13.4. The van der Waals surface area contributed by atoms with Crippen molar-refractivity contribution in [3.63, 3.8) is 0 Å². The Bertz CT molecular complexity index is 845. The van der Waals surface area contributed by atoms with Gasteiger partial charge in [-0.3, -0.25) is 20.0 Å². The van der Waals surface area contributed by atoms with Gasteiger partial charge in [0.05, 0.1) is 22.9 Å². The smallest absolute Gasteiger partial charge is 0.282 e. The molecule has 0 spiro atoms. The molecule has 0 bridgehead atoms. The summed E-state index contributed by atoms with van der Waals surface area (Å²) in [6, 6.07) is 10.5. The summed E-state index contributed by atoms with van der Waals surface area (Å²) in [6.07, 6.45) is -4.59. The summed E-state index contributed by atoms with van der Waals surface area (Å²) < 4.78 is 40.1. The van der Waals surface area contributed by atoms with Crippen LogP contribution in [0.25, 0.3) is 0 Å². The quantitative estimate of drug-likeness (QED) is 0.466. The molecule has 0 radical (unpaired) electrons. The third-order valence-electron chi connectivity index (χ3n) is 3.96. The topological polar surface area (TPSA) is 58.7 Å². The lowest BCUT2D eigenvalue weighted by Crippen LogP contribution is -2.39. The van der Waals surface area contributed by atoms with E-state index in [1.165, 1.54) is 0 Å². The van der Waals surface area contributed by atoms with Crippen LogP contribution in [0.4, 0.5) is 24.5 Å². The van der Waals surface area contributed by atoms with Crippen molar-refractivity contribution in [2.24, 2.45) is 4.99 Å². The predicted octanol–water partition coefficient (Wildman–Crippen LogP) is 4.08. The van der Waals surface area contributed by atoms with Crippen LogP contribution in [-0.2, 0) is 0 Å². The van der Waals surface area contributed by atoms with Gasteiger partial charge in [0.15, 0.2) is 0 Å². The molecule has 1 aliphatic heterocycles. The van der Waals surface area contributed by atoms with Gasteiger partial charge in [-0.1, -0.05) is 29.8 Å². The van der Waals surface area contributed by atoms with Crippen LogP contribution in [0.3, 0.4) is 0 Å². The van der Waals surface area contributed by atoms with E-state index in [1.54, 1.807) is 12.1 Å². The molecule has 0 atom stereocenters. The average Bonchev–Trinajstić information content (AvgIpc) is 2.74. The molecule has 5 nitrogen and oxygen atoms in total. The third-order valence-corrected chi connectivity index (χ3v) is 3.96. The number of hydrogen-bond acceptors (Lipinski definition) is 4. The van der Waals surface area contributed by atoms with E-state index in [0.717, 1.165) is 23.8 Å². The molecule has 0 amide bonds. The molecule has 2 aromatic rings. The molecule has 3 rings (SSSR count). The van der Waals surface area contributed by atoms with Crippen molar-refractivity contribution in [2.75, 3.05) is 18.0 Å². The van der Waals surface area contributed by atoms with E-state index in [2.05, 4.69) is 4.99 Å². The fourth-order valence-corrected chi connectivity index (χ4v) is 2.75. The third kappa shape index (κ3) is 3.33. The lowest BCUT2D eigenvalue weighted by Gasteiger charge is -2.26. The number of nitro groups is 1. The van der Waals surface area contributed by atoms with Crippen molar-refractivity contribution in [1.82, 2.24) is 0 Å². The number of nitrogens with zero attached hydrogens (tertiary/aromatic N) is 3. The number of anilines is 1. The first-order chi connectivity index (χ1) is 11.8. The molecular formula is C17H14F3N3O2. The second kappa shape index (κ2) is 6.19. The fourth-order valence-electron chi connectivity index (χ4n) is 2.75. The Labute approximate surface area is 141 Å². The highest BCUT2D eigenvalue weighted by Crippen LogP contribution is 2.35. The average molecular weight is 349 g/mol. The zero-order valence-corrected chi connectivity index (χ0v) is 13.2. The number of hydrogen-bond donors (Lipinski definition) is 0. The molecule has 0 unspecified atom stereocenters. The number of alkyl halides is 3. The summed E-state index contributed by atoms with van der Waals surface area (Å²) in [5, 5.41) is 11.1. The number of halogens is 3. The summed E-state index contributed by atoms with van der Waals surface area (Å²) >= 11 is 0. The first-order valence-corrected chi connectivity index (χ1v) is 7.52. The molecule has 0 saturated carbocycles. The second-order valence-electron chi connectivity index (χ2n) is 5.67. The lowest BCUT2D eigenvalue weighted by atomic mass is 9.99. The van der Waals surface area contributed by atoms with Gasteiger partial charge in [-0.15, -0.1) is 0 Å². The van der Waals surface area contributed by atoms with Crippen LogP contribution in [0.15, 0.2) is 47.5 Å². The van der Waals surface area contributed by atoms with Crippen molar-refractivity contribution in [3.8, 4) is 0 Å². The summed E-state index contributed by atoms with van der Waals surface area (Å²) in [5.74, 6) is 0. The number of non-ortho nitro benzene ring substituents is 1. The van der Waals surface area contributed by atoms with Gasteiger partial charge in [-0.05, 0) is 13.0 Å². The number of aryl methyl sites for hydroxylation is 1. The minimum absolute atomic E-state index is 0.0643. The van der Waals surface area contributed by atoms with E-state index in [0.29, 0.717) is 11.3 Å². The molecule has 0 aromatic heterocycles. The standard InChI is InChI=1S/C17H14F3N3O2/c1-11-2-4-12(5-3-11)16-14-10-13(23(24)25)6-7-15(14)22(9-8-21-16)17(18,19)20/h2-7,10H,8-9H2,1H3. The van der Waals surface area contributed by atoms with Gasteiger partial charge in [-0.2, -0.15) is 13.2 Å². The molecule has 8 heteroatoms. The number of rotatable bonds is 2. The molecular weight excluding hydrogens is 335 g/mol. The Morgan fingerprint density at radius 2 is 1.84 bits per heavy atom. The van der Waals surface area contributed by atoms with Crippen LogP contribution in [0.5, 0.6) is 0 Å². The monoisotopic (exact) mass is 349 g/mol. The molecule has 2 aromatic carbocycles. The molecule has 0 saturated heterocycles. The van der Waals surface area contributed by atoms with E-state index in [4.69, 9.17) is 0 Å². The van der Waals surface area contributed by atoms with E-state index in [1.807, 2.05) is 19.1 Å². The van der Waals surface area contributed by atoms with Crippen LogP contribution in [-0.4, -0.2) is 30.0 Å². The number of nitro benzene ring substituents is 1. The summed E-state index contributed by atoms with van der Waals surface area (Å²) in [6.45, 7) is 1.48. The van der Waals surface area contributed by atoms with Crippen molar-refractivity contribution in [2.45, 2.75) is 13.2 Å². The summed E-state index contributed by atoms with van der Waals surface area (Å²) in [4.78, 5) is 15.0. The highest BCUT2D eigenvalue weighted by atomic mass is 19.4. The van der Waals surface area contributed by atoms with E-state index in [9.17, 15) is 23.3 Å². The second-order valence-corrected chi connectivity index (χ2v) is 5.67. The number of benzene rings is 2. The normalized spacial score (nSPS) is 14.6. The molecule has 130 valence electrons. The van der Waals surface area contributed by atoms with E-state index < -0.39 is 11.2 Å². The van der Waals surface area contributed by atoms with Gasteiger partial charge in [0.25, 0.3) is 5.69 Å². The van der Waals surface area contributed by atoms with Crippen LogP contribution < -0.4 is 4.90 Å². The Hall–Kier alpha value is -2.90. The number of benzodiazepines with no additional fused rings is 1. The van der Waals surface area contributed by atoms with E-state index >= 15 is 0 Å². The van der Waals surface area contributed by atoms with Crippen LogP contribution >= 0.6 is 0 Å². The largest absolute Gasteiger partial charge is 0.485 e. The van der Waals surface area contributed by atoms with Crippen LogP contribution in [0.2, 0.25) is 0 Å². The molecule has 1 aliphatic rings. The molecule has 0 N–H and O–H groups in total. The molecule has 0 aliphatic carbocycles. The van der Waals surface area contributed by atoms with Crippen LogP contribution in [0, 0.1) is 17.0 Å². The zero-order valence-electron chi connectivity index (χ0n) is 13.2. The van der Waals surface area contributed by atoms with Gasteiger partial charge in [0.2, 0.25) is 0 Å². The van der Waals surface area contributed by atoms with Gasteiger partial charge < -0.3 is 0 Å². The lowest BCUT2D eigenvalue weighted by molar-refractivity contribution is -0.384. The minimum atomic E-state index is -4.59. The first kappa shape index (κ1) is 16.9.